The highest BCUT2D eigenvalue weighted by Crippen LogP contribution is 2.20. The van der Waals surface area contributed by atoms with Crippen LogP contribution in [0.3, 0.4) is 0 Å². The summed E-state index contributed by atoms with van der Waals surface area (Å²) in [4.78, 5) is 2.12. The minimum Gasteiger partial charge on any atom is -0.395 e. The van der Waals surface area contributed by atoms with Crippen molar-refractivity contribution in [2.24, 2.45) is 5.92 Å². The zero-order chi connectivity index (χ0) is 8.97. The Morgan fingerprint density at radius 1 is 1.58 bits per heavy atom. The summed E-state index contributed by atoms with van der Waals surface area (Å²) in [6, 6.07) is 0. The van der Waals surface area contributed by atoms with Crippen LogP contribution in [0.4, 0.5) is 0 Å². The monoisotopic (exact) mass is 173 g/mol. The molecular weight excluding hydrogens is 154 g/mol. The summed E-state index contributed by atoms with van der Waals surface area (Å²) >= 11 is 0. The van der Waals surface area contributed by atoms with E-state index in [-0.39, 0.29) is 6.61 Å². The van der Waals surface area contributed by atoms with Gasteiger partial charge < -0.3 is 14.7 Å². The summed E-state index contributed by atoms with van der Waals surface area (Å²) in [7, 11) is 2.02. The second-order valence-electron chi connectivity index (χ2n) is 3.66. The van der Waals surface area contributed by atoms with E-state index in [4.69, 9.17) is 9.84 Å². The van der Waals surface area contributed by atoms with Crippen molar-refractivity contribution in [3.8, 4) is 0 Å². The molecular formula is C9H19NO2. The Bertz CT molecular complexity index is 130. The molecule has 0 radical (unpaired) electrons. The highest BCUT2D eigenvalue weighted by molar-refractivity contribution is 4.75. The van der Waals surface area contributed by atoms with E-state index in [0.717, 1.165) is 19.7 Å². The Balaban J connectivity index is 2.20. The molecule has 12 heavy (non-hydrogen) atoms. The van der Waals surface area contributed by atoms with Crippen LogP contribution >= 0.6 is 0 Å². The normalized spacial score (nSPS) is 30.0. The number of aliphatic hydroxyl groups excluding tert-OH is 1. The molecule has 1 aliphatic rings. The fourth-order valence-electron chi connectivity index (χ4n) is 1.56. The SMILES string of the molecule is CC1CCOC1CN(C)CCO. The molecule has 0 aromatic carbocycles. The average Bonchev–Trinajstić information content (AvgIpc) is 2.37. The van der Waals surface area contributed by atoms with Crippen LogP contribution in [0, 0.1) is 5.92 Å². The van der Waals surface area contributed by atoms with Crippen LogP contribution in [0.2, 0.25) is 0 Å². The molecule has 3 heteroatoms. The maximum absolute atomic E-state index is 8.69. The second kappa shape index (κ2) is 4.80. The molecule has 3 nitrogen and oxygen atoms in total. The van der Waals surface area contributed by atoms with Gasteiger partial charge in [-0.2, -0.15) is 0 Å². The number of nitrogens with zero attached hydrogens (tertiary/aromatic N) is 1. The van der Waals surface area contributed by atoms with Gasteiger partial charge in [-0.25, -0.2) is 0 Å². The molecule has 0 aromatic heterocycles. The van der Waals surface area contributed by atoms with Crippen LogP contribution in [0.15, 0.2) is 0 Å². The Morgan fingerprint density at radius 3 is 2.83 bits per heavy atom. The Kier molecular flexibility index (Phi) is 3.98. The van der Waals surface area contributed by atoms with Gasteiger partial charge in [0.25, 0.3) is 0 Å². The van der Waals surface area contributed by atoms with Gasteiger partial charge in [-0.05, 0) is 19.4 Å². The summed E-state index contributed by atoms with van der Waals surface area (Å²) in [5, 5.41) is 8.69. The summed E-state index contributed by atoms with van der Waals surface area (Å²) < 4.78 is 5.56. The first-order valence-electron chi connectivity index (χ1n) is 4.65. The predicted molar refractivity (Wildman–Crippen MR) is 48.1 cm³/mol. The number of hydrogen-bond donors (Lipinski definition) is 1. The van der Waals surface area contributed by atoms with E-state index in [1.54, 1.807) is 0 Å². The quantitative estimate of drug-likeness (QED) is 0.665. The van der Waals surface area contributed by atoms with Crippen molar-refractivity contribution in [1.82, 2.24) is 4.90 Å². The van der Waals surface area contributed by atoms with Crippen molar-refractivity contribution in [1.29, 1.82) is 0 Å². The van der Waals surface area contributed by atoms with Crippen molar-refractivity contribution >= 4 is 0 Å². The van der Waals surface area contributed by atoms with Gasteiger partial charge in [0.15, 0.2) is 0 Å². The molecule has 1 heterocycles. The van der Waals surface area contributed by atoms with E-state index >= 15 is 0 Å². The molecule has 1 fully saturated rings. The van der Waals surface area contributed by atoms with E-state index in [1.165, 1.54) is 6.42 Å². The third-order valence-electron chi connectivity index (χ3n) is 2.51. The van der Waals surface area contributed by atoms with Crippen molar-refractivity contribution in [2.75, 3.05) is 33.4 Å². The van der Waals surface area contributed by atoms with Crippen LogP contribution in [0.1, 0.15) is 13.3 Å². The van der Waals surface area contributed by atoms with Gasteiger partial charge in [-0.3, -0.25) is 0 Å². The van der Waals surface area contributed by atoms with Crippen LogP contribution in [0.5, 0.6) is 0 Å². The zero-order valence-corrected chi connectivity index (χ0v) is 7.99. The van der Waals surface area contributed by atoms with Crippen molar-refractivity contribution < 1.29 is 9.84 Å². The van der Waals surface area contributed by atoms with E-state index in [2.05, 4.69) is 11.8 Å². The number of rotatable bonds is 4. The smallest absolute Gasteiger partial charge is 0.0728 e. The lowest BCUT2D eigenvalue weighted by atomic mass is 10.0. The lowest BCUT2D eigenvalue weighted by molar-refractivity contribution is 0.0604. The highest BCUT2D eigenvalue weighted by Gasteiger charge is 2.24. The summed E-state index contributed by atoms with van der Waals surface area (Å²) in [5.41, 5.74) is 0. The van der Waals surface area contributed by atoms with E-state index in [0.29, 0.717) is 12.0 Å². The zero-order valence-electron chi connectivity index (χ0n) is 7.99. The molecule has 0 aromatic rings. The first-order chi connectivity index (χ1) is 5.74. The third kappa shape index (κ3) is 2.73. The first-order valence-corrected chi connectivity index (χ1v) is 4.65. The summed E-state index contributed by atoms with van der Waals surface area (Å²) in [6.07, 6.45) is 1.55. The molecule has 72 valence electrons. The number of ether oxygens (including phenoxy) is 1. The topological polar surface area (TPSA) is 32.7 Å². The standard InChI is InChI=1S/C9H19NO2/c1-8-3-6-12-9(8)7-10(2)4-5-11/h8-9,11H,3-7H2,1-2H3. The summed E-state index contributed by atoms with van der Waals surface area (Å²) in [5.74, 6) is 0.672. The number of likely N-dealkylation sites (N-methyl/N-ethyl adjacent to an activating group) is 1. The molecule has 0 aliphatic carbocycles. The lowest BCUT2D eigenvalue weighted by Gasteiger charge is -2.21. The minimum absolute atomic E-state index is 0.234. The van der Waals surface area contributed by atoms with Gasteiger partial charge in [0.05, 0.1) is 12.7 Å². The second-order valence-corrected chi connectivity index (χ2v) is 3.66. The molecule has 0 amide bonds. The molecule has 0 saturated carbocycles. The molecule has 0 spiro atoms. The van der Waals surface area contributed by atoms with Gasteiger partial charge in [0.1, 0.15) is 0 Å². The van der Waals surface area contributed by atoms with Crippen molar-refractivity contribution in [3.63, 3.8) is 0 Å². The Morgan fingerprint density at radius 2 is 2.33 bits per heavy atom. The molecule has 1 N–H and O–H groups in total. The Hall–Kier alpha value is -0.120. The van der Waals surface area contributed by atoms with Crippen LogP contribution < -0.4 is 0 Å². The van der Waals surface area contributed by atoms with E-state index in [9.17, 15) is 0 Å². The Labute approximate surface area is 74.3 Å². The third-order valence-corrected chi connectivity index (χ3v) is 2.51. The predicted octanol–water partition coefficient (Wildman–Crippen LogP) is 0.336. The first kappa shape index (κ1) is 9.96. The van der Waals surface area contributed by atoms with Gasteiger partial charge in [0, 0.05) is 19.7 Å². The van der Waals surface area contributed by atoms with Crippen molar-refractivity contribution in [3.05, 3.63) is 0 Å². The number of aliphatic hydroxyl groups is 1. The molecule has 0 bridgehead atoms. The maximum atomic E-state index is 8.69. The van der Waals surface area contributed by atoms with Gasteiger partial charge in [-0.15, -0.1) is 0 Å². The maximum Gasteiger partial charge on any atom is 0.0728 e. The minimum atomic E-state index is 0.234. The van der Waals surface area contributed by atoms with E-state index in [1.807, 2.05) is 7.05 Å². The molecule has 1 saturated heterocycles. The summed E-state index contributed by atoms with van der Waals surface area (Å²) in [6.45, 7) is 5.05. The molecule has 2 atom stereocenters. The highest BCUT2D eigenvalue weighted by atomic mass is 16.5. The average molecular weight is 173 g/mol. The fourth-order valence-corrected chi connectivity index (χ4v) is 1.56. The van der Waals surface area contributed by atoms with Gasteiger partial charge in [0.2, 0.25) is 0 Å². The lowest BCUT2D eigenvalue weighted by Crippen LogP contribution is -2.33. The van der Waals surface area contributed by atoms with Crippen LogP contribution in [-0.2, 0) is 4.74 Å². The van der Waals surface area contributed by atoms with Gasteiger partial charge in [-0.1, -0.05) is 6.92 Å². The molecule has 1 rings (SSSR count). The fraction of sp³-hybridized carbons (Fsp3) is 1.00. The van der Waals surface area contributed by atoms with Gasteiger partial charge >= 0.3 is 0 Å². The van der Waals surface area contributed by atoms with E-state index < -0.39 is 0 Å². The molecule has 2 unspecified atom stereocenters. The molecule has 1 aliphatic heterocycles. The van der Waals surface area contributed by atoms with Crippen LogP contribution in [0.25, 0.3) is 0 Å². The van der Waals surface area contributed by atoms with Crippen molar-refractivity contribution in [2.45, 2.75) is 19.4 Å². The largest absolute Gasteiger partial charge is 0.395 e. The van der Waals surface area contributed by atoms with Crippen LogP contribution in [-0.4, -0.2) is 49.5 Å². The number of hydrogen-bond acceptors (Lipinski definition) is 3.